The molecule has 0 saturated heterocycles. The minimum Gasteiger partial charge on any atom is -0.504 e. The highest BCUT2D eigenvalue weighted by atomic mass is 35.5. The Morgan fingerprint density at radius 2 is 2.13 bits per heavy atom. The van der Waals surface area contributed by atoms with E-state index < -0.39 is 6.61 Å². The van der Waals surface area contributed by atoms with Crippen molar-refractivity contribution in [1.29, 1.82) is 0 Å². The molecule has 5 heteroatoms. The molecule has 0 aliphatic carbocycles. The zero-order valence-electron chi connectivity index (χ0n) is 7.92. The van der Waals surface area contributed by atoms with Crippen molar-refractivity contribution in [3.05, 3.63) is 23.8 Å². The van der Waals surface area contributed by atoms with Gasteiger partial charge in [-0.3, -0.25) is 0 Å². The number of hydrogen-bond acceptors (Lipinski definition) is 2. The number of benzene rings is 1. The van der Waals surface area contributed by atoms with Crippen LogP contribution in [-0.2, 0) is 6.42 Å². The molecule has 1 rings (SSSR count). The van der Waals surface area contributed by atoms with E-state index >= 15 is 0 Å². The maximum atomic E-state index is 11.9. The van der Waals surface area contributed by atoms with Crippen LogP contribution in [0.1, 0.15) is 12.0 Å². The third kappa shape index (κ3) is 3.55. The molecule has 0 spiro atoms. The molecule has 0 aliphatic rings. The fourth-order valence-corrected chi connectivity index (χ4v) is 1.35. The zero-order chi connectivity index (χ0) is 11.3. The van der Waals surface area contributed by atoms with Crippen LogP contribution in [-0.4, -0.2) is 17.6 Å². The topological polar surface area (TPSA) is 29.5 Å². The predicted octanol–water partition coefficient (Wildman–Crippen LogP) is 3.17. The summed E-state index contributed by atoms with van der Waals surface area (Å²) in [5, 5.41) is 9.56. The molecule has 1 aromatic carbocycles. The summed E-state index contributed by atoms with van der Waals surface area (Å²) in [6.07, 6.45) is 1.21. The number of ether oxygens (including phenoxy) is 1. The van der Waals surface area contributed by atoms with Crippen molar-refractivity contribution < 1.29 is 18.6 Å². The maximum Gasteiger partial charge on any atom is 0.387 e. The van der Waals surface area contributed by atoms with Gasteiger partial charge in [0.15, 0.2) is 11.5 Å². The average Bonchev–Trinajstić information content (AvgIpc) is 2.19. The molecule has 0 radical (unpaired) electrons. The molecular formula is C10H11ClF2O2. The Labute approximate surface area is 91.4 Å². The highest BCUT2D eigenvalue weighted by Crippen LogP contribution is 2.31. The van der Waals surface area contributed by atoms with Gasteiger partial charge in [-0.2, -0.15) is 8.78 Å². The van der Waals surface area contributed by atoms with Crippen LogP contribution < -0.4 is 4.74 Å². The molecule has 0 atom stereocenters. The lowest BCUT2D eigenvalue weighted by atomic mass is 10.1. The number of aromatic hydroxyl groups is 1. The van der Waals surface area contributed by atoms with Crippen LogP contribution in [0.5, 0.6) is 11.5 Å². The number of phenols is 1. The van der Waals surface area contributed by atoms with Crippen molar-refractivity contribution in [1.82, 2.24) is 0 Å². The summed E-state index contributed by atoms with van der Waals surface area (Å²) in [5.74, 6) is 0.0271. The summed E-state index contributed by atoms with van der Waals surface area (Å²) in [6.45, 7) is -2.93. The van der Waals surface area contributed by atoms with E-state index in [9.17, 15) is 13.9 Å². The van der Waals surface area contributed by atoms with Gasteiger partial charge in [-0.15, -0.1) is 11.6 Å². The van der Waals surface area contributed by atoms with Gasteiger partial charge in [-0.1, -0.05) is 12.1 Å². The van der Waals surface area contributed by atoms with Gasteiger partial charge in [0.25, 0.3) is 0 Å². The molecule has 0 amide bonds. The fourth-order valence-electron chi connectivity index (χ4n) is 1.22. The molecule has 84 valence electrons. The van der Waals surface area contributed by atoms with Crippen LogP contribution in [0.25, 0.3) is 0 Å². The molecule has 0 saturated carbocycles. The second kappa shape index (κ2) is 5.75. The van der Waals surface area contributed by atoms with Crippen molar-refractivity contribution in [3.8, 4) is 11.5 Å². The van der Waals surface area contributed by atoms with E-state index in [-0.39, 0.29) is 11.5 Å². The molecule has 0 aromatic heterocycles. The first-order valence-electron chi connectivity index (χ1n) is 4.46. The number of hydrogen-bond donors (Lipinski definition) is 1. The molecule has 1 aromatic rings. The Morgan fingerprint density at radius 1 is 1.40 bits per heavy atom. The van der Waals surface area contributed by atoms with E-state index in [2.05, 4.69) is 4.74 Å². The monoisotopic (exact) mass is 236 g/mol. The van der Waals surface area contributed by atoms with E-state index in [0.29, 0.717) is 24.3 Å². The maximum absolute atomic E-state index is 11.9. The lowest BCUT2D eigenvalue weighted by molar-refractivity contribution is -0.0513. The summed E-state index contributed by atoms with van der Waals surface area (Å²) in [6, 6.07) is 4.51. The van der Waals surface area contributed by atoms with Gasteiger partial charge in [0.2, 0.25) is 0 Å². The van der Waals surface area contributed by atoms with Crippen LogP contribution >= 0.6 is 11.6 Å². The summed E-state index contributed by atoms with van der Waals surface area (Å²) in [4.78, 5) is 0. The normalized spacial score (nSPS) is 10.7. The number of aryl methyl sites for hydroxylation is 1. The SMILES string of the molecule is Oc1c(CCCCl)cccc1OC(F)F. The van der Waals surface area contributed by atoms with Crippen molar-refractivity contribution in [2.45, 2.75) is 19.5 Å². The molecule has 0 bridgehead atoms. The first-order valence-corrected chi connectivity index (χ1v) is 5.00. The minimum absolute atomic E-state index is 0.197. The number of rotatable bonds is 5. The Hall–Kier alpha value is -1.03. The Bertz CT molecular complexity index is 318. The molecule has 0 fully saturated rings. The third-order valence-corrected chi connectivity index (χ3v) is 2.15. The summed E-state index contributed by atoms with van der Waals surface area (Å²) >= 11 is 5.50. The largest absolute Gasteiger partial charge is 0.504 e. The zero-order valence-corrected chi connectivity index (χ0v) is 8.68. The summed E-state index contributed by atoms with van der Waals surface area (Å²) < 4.78 is 28.0. The van der Waals surface area contributed by atoms with E-state index in [1.54, 1.807) is 12.1 Å². The number of alkyl halides is 3. The quantitative estimate of drug-likeness (QED) is 0.796. The highest BCUT2D eigenvalue weighted by molar-refractivity contribution is 6.17. The Kier molecular flexibility index (Phi) is 4.62. The van der Waals surface area contributed by atoms with Gasteiger partial charge < -0.3 is 9.84 Å². The number of halogens is 3. The van der Waals surface area contributed by atoms with Crippen LogP contribution in [0.3, 0.4) is 0 Å². The van der Waals surface area contributed by atoms with Gasteiger partial charge in [0.05, 0.1) is 0 Å². The molecular weight excluding hydrogens is 226 g/mol. The first kappa shape index (κ1) is 12.0. The highest BCUT2D eigenvalue weighted by Gasteiger charge is 2.11. The summed E-state index contributed by atoms with van der Waals surface area (Å²) in [5.41, 5.74) is 0.564. The fraction of sp³-hybridized carbons (Fsp3) is 0.400. The van der Waals surface area contributed by atoms with Crippen LogP contribution in [0.2, 0.25) is 0 Å². The Morgan fingerprint density at radius 3 is 2.73 bits per heavy atom. The first-order chi connectivity index (χ1) is 7.15. The van der Waals surface area contributed by atoms with E-state index in [4.69, 9.17) is 11.6 Å². The van der Waals surface area contributed by atoms with Gasteiger partial charge >= 0.3 is 6.61 Å². The minimum atomic E-state index is -2.93. The standard InChI is InChI=1S/C10H11ClF2O2/c11-6-2-4-7-3-1-5-8(9(7)14)15-10(12)13/h1,3,5,10,14H,2,4,6H2. The lowest BCUT2D eigenvalue weighted by Gasteiger charge is -2.09. The molecule has 0 aliphatic heterocycles. The van der Waals surface area contributed by atoms with Crippen molar-refractivity contribution in [3.63, 3.8) is 0 Å². The van der Waals surface area contributed by atoms with Crippen molar-refractivity contribution in [2.75, 3.05) is 5.88 Å². The van der Waals surface area contributed by atoms with E-state index in [1.165, 1.54) is 6.07 Å². The van der Waals surface area contributed by atoms with Crippen LogP contribution in [0.15, 0.2) is 18.2 Å². The second-order valence-electron chi connectivity index (χ2n) is 2.93. The molecule has 0 heterocycles. The van der Waals surface area contributed by atoms with Gasteiger partial charge in [-0.25, -0.2) is 0 Å². The van der Waals surface area contributed by atoms with Crippen LogP contribution in [0, 0.1) is 0 Å². The molecule has 0 unspecified atom stereocenters. The van der Waals surface area contributed by atoms with Crippen molar-refractivity contribution in [2.24, 2.45) is 0 Å². The number of para-hydroxylation sites is 1. The number of phenolic OH excluding ortho intramolecular Hbond substituents is 1. The second-order valence-corrected chi connectivity index (χ2v) is 3.31. The molecule has 2 nitrogen and oxygen atoms in total. The van der Waals surface area contributed by atoms with E-state index in [1.807, 2.05) is 0 Å². The Balaban J connectivity index is 2.80. The smallest absolute Gasteiger partial charge is 0.387 e. The van der Waals surface area contributed by atoms with Crippen molar-refractivity contribution >= 4 is 11.6 Å². The lowest BCUT2D eigenvalue weighted by Crippen LogP contribution is -2.02. The van der Waals surface area contributed by atoms with Gasteiger partial charge in [0, 0.05) is 5.88 Å². The average molecular weight is 237 g/mol. The predicted molar refractivity (Wildman–Crippen MR) is 53.8 cm³/mol. The molecule has 15 heavy (non-hydrogen) atoms. The van der Waals surface area contributed by atoms with E-state index in [0.717, 1.165) is 0 Å². The van der Waals surface area contributed by atoms with Gasteiger partial charge in [0.1, 0.15) is 0 Å². The third-order valence-electron chi connectivity index (χ3n) is 1.88. The molecule has 1 N–H and O–H groups in total. The van der Waals surface area contributed by atoms with Crippen LogP contribution in [0.4, 0.5) is 8.78 Å². The summed E-state index contributed by atoms with van der Waals surface area (Å²) in [7, 11) is 0. The van der Waals surface area contributed by atoms with Gasteiger partial charge in [-0.05, 0) is 24.5 Å².